The molecule has 0 saturated carbocycles. The zero-order valence-electron chi connectivity index (χ0n) is 18.1. The summed E-state index contributed by atoms with van der Waals surface area (Å²) in [5.41, 5.74) is 8.59. The van der Waals surface area contributed by atoms with Crippen LogP contribution in [-0.4, -0.2) is 17.6 Å². The van der Waals surface area contributed by atoms with Crippen LogP contribution in [0.1, 0.15) is 28.3 Å². The van der Waals surface area contributed by atoms with Crippen molar-refractivity contribution in [1.82, 2.24) is 4.57 Å². The number of hydrogen-bond donors (Lipinski definition) is 1. The van der Waals surface area contributed by atoms with Crippen LogP contribution in [-0.2, 0) is 22.5 Å². The van der Waals surface area contributed by atoms with Crippen molar-refractivity contribution < 1.29 is 14.3 Å². The van der Waals surface area contributed by atoms with Crippen molar-refractivity contribution in [1.29, 1.82) is 0 Å². The fourth-order valence-electron chi connectivity index (χ4n) is 4.08. The van der Waals surface area contributed by atoms with Gasteiger partial charge in [0.25, 0.3) is 5.56 Å². The maximum Gasteiger partial charge on any atom is 0.340 e. The molecule has 1 aromatic heterocycles. The Balaban J connectivity index is 1.88. The van der Waals surface area contributed by atoms with Crippen molar-refractivity contribution in [2.45, 2.75) is 25.8 Å². The van der Waals surface area contributed by atoms with Gasteiger partial charge in [-0.05, 0) is 36.6 Å². The van der Waals surface area contributed by atoms with E-state index < -0.39 is 11.9 Å². The third kappa shape index (κ3) is 4.36. The molecule has 0 aliphatic carbocycles. The van der Waals surface area contributed by atoms with Gasteiger partial charge in [-0.3, -0.25) is 4.79 Å². The van der Waals surface area contributed by atoms with Crippen LogP contribution in [0.3, 0.4) is 0 Å². The summed E-state index contributed by atoms with van der Waals surface area (Å²) in [6, 6.07) is 16.6. The summed E-state index contributed by atoms with van der Waals surface area (Å²) in [6.07, 6.45) is 0.667. The first kappa shape index (κ1) is 23.0. The summed E-state index contributed by atoms with van der Waals surface area (Å²) in [4.78, 5) is 26.5. The van der Waals surface area contributed by atoms with Crippen LogP contribution in [0.2, 0.25) is 10.0 Å². The largest absolute Gasteiger partial charge is 0.465 e. The summed E-state index contributed by atoms with van der Waals surface area (Å²) >= 11 is 12.4. The van der Waals surface area contributed by atoms with Crippen LogP contribution in [0.15, 0.2) is 70.8 Å². The van der Waals surface area contributed by atoms with E-state index in [4.69, 9.17) is 38.4 Å². The Kier molecular flexibility index (Phi) is 6.49. The Morgan fingerprint density at radius 2 is 1.85 bits per heavy atom. The van der Waals surface area contributed by atoms with E-state index in [1.165, 1.54) is 7.11 Å². The molecular weight excluding hydrogens is 463 g/mol. The topological polar surface area (TPSA) is 83.5 Å². The highest BCUT2D eigenvalue weighted by molar-refractivity contribution is 6.42. The summed E-state index contributed by atoms with van der Waals surface area (Å²) in [6.45, 7) is 2.29. The van der Waals surface area contributed by atoms with E-state index in [0.717, 1.165) is 11.3 Å². The highest BCUT2D eigenvalue weighted by Gasteiger charge is 2.38. The van der Waals surface area contributed by atoms with Crippen molar-refractivity contribution in [3.8, 4) is 5.75 Å². The molecule has 33 heavy (non-hydrogen) atoms. The minimum absolute atomic E-state index is 0.0407. The SMILES string of the molecule is COC(=O)C1=C(N)Oc2cc(C)n(CCc3ccccc3)c(=O)c2[C@@H]1c1ccc(Cl)c(Cl)c1. The number of carbonyl (C=O) groups is 1. The predicted molar refractivity (Wildman–Crippen MR) is 128 cm³/mol. The zero-order valence-corrected chi connectivity index (χ0v) is 19.6. The van der Waals surface area contributed by atoms with E-state index in [1.54, 1.807) is 28.8 Å². The van der Waals surface area contributed by atoms with Gasteiger partial charge in [0.1, 0.15) is 11.3 Å². The first-order chi connectivity index (χ1) is 15.8. The quantitative estimate of drug-likeness (QED) is 0.536. The van der Waals surface area contributed by atoms with Crippen LogP contribution in [0.5, 0.6) is 5.75 Å². The third-order valence-corrected chi connectivity index (χ3v) is 6.46. The van der Waals surface area contributed by atoms with E-state index in [-0.39, 0.29) is 17.0 Å². The van der Waals surface area contributed by atoms with Crippen LogP contribution in [0, 0.1) is 6.92 Å². The lowest BCUT2D eigenvalue weighted by atomic mass is 9.83. The number of carbonyl (C=O) groups excluding carboxylic acids is 1. The van der Waals surface area contributed by atoms with Gasteiger partial charge in [-0.1, -0.05) is 59.6 Å². The number of methoxy groups -OCH3 is 1. The molecule has 4 rings (SSSR count). The number of pyridine rings is 1. The van der Waals surface area contributed by atoms with Gasteiger partial charge < -0.3 is 19.8 Å². The Labute approximate surface area is 201 Å². The van der Waals surface area contributed by atoms with Crippen molar-refractivity contribution in [2.75, 3.05) is 7.11 Å². The minimum Gasteiger partial charge on any atom is -0.465 e. The molecule has 0 saturated heterocycles. The number of hydrogen-bond acceptors (Lipinski definition) is 5. The molecule has 0 radical (unpaired) electrons. The van der Waals surface area contributed by atoms with Crippen molar-refractivity contribution in [3.05, 3.63) is 109 Å². The number of nitrogens with zero attached hydrogens (tertiary/aromatic N) is 1. The van der Waals surface area contributed by atoms with Crippen LogP contribution in [0.25, 0.3) is 0 Å². The Bertz CT molecular complexity index is 1320. The Morgan fingerprint density at radius 3 is 2.52 bits per heavy atom. The van der Waals surface area contributed by atoms with Crippen LogP contribution in [0.4, 0.5) is 0 Å². The minimum atomic E-state index is -0.827. The number of rotatable bonds is 5. The standard InChI is InChI=1S/C25H22Cl2N2O4/c1-14-12-19-21(24(30)29(14)11-10-15-6-4-3-5-7-15)20(16-8-9-17(26)18(27)13-16)22(23(28)33-19)25(31)32-2/h3-9,12-13,20H,10-11,28H2,1-2H3/t20-/m0/s1. The van der Waals surface area contributed by atoms with Gasteiger partial charge in [0.15, 0.2) is 0 Å². The zero-order chi connectivity index (χ0) is 23.7. The molecule has 3 aromatic rings. The van der Waals surface area contributed by atoms with Crippen LogP contribution < -0.4 is 16.0 Å². The molecule has 1 aliphatic rings. The number of benzene rings is 2. The van der Waals surface area contributed by atoms with E-state index in [1.807, 2.05) is 37.3 Å². The fraction of sp³-hybridized carbons (Fsp3) is 0.200. The first-order valence-corrected chi connectivity index (χ1v) is 11.1. The van der Waals surface area contributed by atoms with Crippen LogP contribution >= 0.6 is 23.2 Å². The molecule has 0 amide bonds. The molecule has 2 aromatic carbocycles. The highest BCUT2D eigenvalue weighted by atomic mass is 35.5. The molecular formula is C25H22Cl2N2O4. The molecule has 8 heteroatoms. The second kappa shape index (κ2) is 9.33. The predicted octanol–water partition coefficient (Wildman–Crippen LogP) is 4.57. The average molecular weight is 485 g/mol. The second-order valence-corrected chi connectivity index (χ2v) is 8.55. The molecule has 2 heterocycles. The number of fused-ring (bicyclic) bond motifs is 1. The monoisotopic (exact) mass is 484 g/mol. The maximum atomic E-state index is 13.8. The summed E-state index contributed by atoms with van der Waals surface area (Å²) in [5.74, 6) is -1.34. The maximum absolute atomic E-state index is 13.8. The molecule has 0 unspecified atom stereocenters. The van der Waals surface area contributed by atoms with Crippen molar-refractivity contribution in [3.63, 3.8) is 0 Å². The molecule has 1 aliphatic heterocycles. The van der Waals surface area contributed by atoms with E-state index in [2.05, 4.69) is 0 Å². The molecule has 6 nitrogen and oxygen atoms in total. The summed E-state index contributed by atoms with van der Waals surface area (Å²) in [5, 5.41) is 0.648. The number of aryl methyl sites for hydroxylation is 2. The fourth-order valence-corrected chi connectivity index (χ4v) is 4.39. The molecule has 1 atom stereocenters. The van der Waals surface area contributed by atoms with E-state index >= 15 is 0 Å². The van der Waals surface area contributed by atoms with Crippen molar-refractivity contribution in [2.24, 2.45) is 5.73 Å². The molecule has 0 bridgehead atoms. The number of ether oxygens (including phenoxy) is 2. The Hall–Kier alpha value is -3.22. The smallest absolute Gasteiger partial charge is 0.340 e. The summed E-state index contributed by atoms with van der Waals surface area (Å²) < 4.78 is 12.4. The average Bonchev–Trinajstić information content (AvgIpc) is 2.80. The molecule has 2 N–H and O–H groups in total. The van der Waals surface area contributed by atoms with Gasteiger partial charge in [-0.15, -0.1) is 0 Å². The van der Waals surface area contributed by atoms with Gasteiger partial charge in [-0.25, -0.2) is 4.79 Å². The number of esters is 1. The first-order valence-electron chi connectivity index (χ1n) is 10.3. The Morgan fingerprint density at radius 1 is 1.12 bits per heavy atom. The van der Waals surface area contributed by atoms with Gasteiger partial charge in [0.05, 0.1) is 28.6 Å². The lowest BCUT2D eigenvalue weighted by molar-refractivity contribution is -0.136. The highest BCUT2D eigenvalue weighted by Crippen LogP contribution is 2.42. The number of aromatic nitrogens is 1. The van der Waals surface area contributed by atoms with Crippen molar-refractivity contribution >= 4 is 29.2 Å². The van der Waals surface area contributed by atoms with E-state index in [9.17, 15) is 9.59 Å². The van der Waals surface area contributed by atoms with Gasteiger partial charge in [0, 0.05) is 18.3 Å². The van der Waals surface area contributed by atoms with Gasteiger partial charge in [-0.2, -0.15) is 0 Å². The number of halogens is 2. The molecule has 170 valence electrons. The summed E-state index contributed by atoms with van der Waals surface area (Å²) in [7, 11) is 1.25. The third-order valence-electron chi connectivity index (χ3n) is 5.72. The second-order valence-electron chi connectivity index (χ2n) is 7.73. The lowest BCUT2D eigenvalue weighted by Crippen LogP contribution is -2.35. The normalized spacial score (nSPS) is 15.1. The van der Waals surface area contributed by atoms with Gasteiger partial charge in [0.2, 0.25) is 5.88 Å². The lowest BCUT2D eigenvalue weighted by Gasteiger charge is -2.29. The molecule has 0 fully saturated rings. The molecule has 0 spiro atoms. The van der Waals surface area contributed by atoms with E-state index in [0.29, 0.717) is 39.9 Å². The van der Waals surface area contributed by atoms with Gasteiger partial charge >= 0.3 is 5.97 Å². The number of nitrogens with two attached hydrogens (primary N) is 1.